The fourth-order valence-corrected chi connectivity index (χ4v) is 6.19. The second-order valence-corrected chi connectivity index (χ2v) is 11.0. The van der Waals surface area contributed by atoms with Crippen molar-refractivity contribution in [1.29, 1.82) is 0 Å². The number of amides is 3. The first kappa shape index (κ1) is 24.4. The van der Waals surface area contributed by atoms with Crippen LogP contribution in [0.5, 0.6) is 0 Å². The smallest absolute Gasteiger partial charge is 0.352 e. The zero-order valence-electron chi connectivity index (χ0n) is 19.9. The normalized spacial score (nSPS) is 22.7. The highest BCUT2D eigenvalue weighted by Crippen LogP contribution is 2.50. The molecule has 2 aromatic heterocycles. The number of carbonyl (C=O) groups is 4. The van der Waals surface area contributed by atoms with E-state index >= 15 is 0 Å². The molecule has 4 heterocycles. The average Bonchev–Trinajstić information content (AvgIpc) is 3.40. The molecule has 2 saturated heterocycles. The Bertz CT molecular complexity index is 1500. The summed E-state index contributed by atoms with van der Waals surface area (Å²) in [4.78, 5) is 68.6. The zero-order valence-corrected chi connectivity index (χ0v) is 20.7. The molecule has 4 atom stereocenters. The lowest BCUT2D eigenvalue weighted by Gasteiger charge is -2.44. The van der Waals surface area contributed by atoms with Crippen molar-refractivity contribution in [1.82, 2.24) is 39.9 Å². The Morgan fingerprint density at radius 2 is 1.86 bits per heavy atom. The van der Waals surface area contributed by atoms with E-state index in [-0.39, 0.29) is 11.3 Å². The van der Waals surface area contributed by atoms with Gasteiger partial charge in [0.05, 0.1) is 0 Å². The minimum absolute atomic E-state index is 0.0815. The maximum atomic E-state index is 13.4. The number of fused-ring (bicyclic) bond motifs is 2. The van der Waals surface area contributed by atoms with Crippen LogP contribution in [-0.2, 0) is 21.4 Å². The Hall–Kier alpha value is -4.27. The minimum Gasteiger partial charge on any atom is -0.480 e. The number of carbonyl (C=O) groups excluding carboxylic acids is 3. The molecule has 192 valence electrons. The molecule has 15 heteroatoms. The standard InChI is InChI=1S/C22H22N8O6S/c1-22(2)14(20(34)35)30-18(33)13(19(30)37-22)25-16(31)11(10-7-5-4-6-8-10)24-17(32)12-15-26-27-28(3)21(36)29(15)9-23-12/h4-9,11,13-14,19H,1-3H3,(H,24,32)(H,25,31)(H,34,35)/t11-,13+,14-,19+/m0/s1. The van der Waals surface area contributed by atoms with E-state index in [1.807, 2.05) is 0 Å². The summed E-state index contributed by atoms with van der Waals surface area (Å²) in [5, 5.41) is 21.9. The van der Waals surface area contributed by atoms with Gasteiger partial charge < -0.3 is 20.6 Å². The van der Waals surface area contributed by atoms with Crippen LogP contribution in [0, 0.1) is 0 Å². The van der Waals surface area contributed by atoms with Gasteiger partial charge in [-0.1, -0.05) is 35.5 Å². The quantitative estimate of drug-likeness (QED) is 0.335. The summed E-state index contributed by atoms with van der Waals surface area (Å²) < 4.78 is 1.28. The van der Waals surface area contributed by atoms with Crippen molar-refractivity contribution in [2.45, 2.75) is 42.1 Å². The topological polar surface area (TPSA) is 181 Å². The third kappa shape index (κ3) is 3.91. The summed E-state index contributed by atoms with van der Waals surface area (Å²) in [5.74, 6) is -3.07. The molecule has 0 spiro atoms. The van der Waals surface area contributed by atoms with Gasteiger partial charge in [0.25, 0.3) is 5.91 Å². The van der Waals surface area contributed by atoms with E-state index in [1.54, 1.807) is 44.2 Å². The van der Waals surface area contributed by atoms with Gasteiger partial charge in [0.2, 0.25) is 11.8 Å². The summed E-state index contributed by atoms with van der Waals surface area (Å²) in [5.41, 5.74) is -0.409. The first-order valence-corrected chi connectivity index (χ1v) is 12.1. The largest absolute Gasteiger partial charge is 0.480 e. The lowest BCUT2D eigenvalue weighted by Crippen LogP contribution is -2.71. The second kappa shape index (κ2) is 8.69. The van der Waals surface area contributed by atoms with Crippen LogP contribution in [0.4, 0.5) is 0 Å². The van der Waals surface area contributed by atoms with Gasteiger partial charge in [0.1, 0.15) is 29.8 Å². The highest BCUT2D eigenvalue weighted by molar-refractivity contribution is 8.01. The molecular formula is C22H22N8O6S. The molecule has 3 amide bonds. The van der Waals surface area contributed by atoms with E-state index in [1.165, 1.54) is 23.7 Å². The van der Waals surface area contributed by atoms with Crippen LogP contribution in [0.15, 0.2) is 41.5 Å². The number of hydrogen-bond donors (Lipinski definition) is 3. The number of nitrogens with one attached hydrogen (secondary N) is 2. The highest BCUT2D eigenvalue weighted by Gasteiger charge is 2.64. The summed E-state index contributed by atoms with van der Waals surface area (Å²) in [6.07, 6.45) is 1.14. The first-order chi connectivity index (χ1) is 17.5. The molecule has 0 unspecified atom stereocenters. The number of aliphatic carboxylic acids is 1. The number of imidazole rings is 1. The van der Waals surface area contributed by atoms with Crippen molar-refractivity contribution in [3.63, 3.8) is 0 Å². The SMILES string of the molecule is Cn1nnc2c(C(=O)N[C@H](C(=O)N[C@@H]3C(=O)N4[C@@H]3SC(C)(C)[C@@H]4C(=O)O)c3ccccc3)ncn2c1=O. The number of carboxylic acids is 1. The van der Waals surface area contributed by atoms with E-state index in [2.05, 4.69) is 25.9 Å². The number of carboxylic acid groups (broad SMARTS) is 1. The molecule has 3 N–H and O–H groups in total. The molecule has 2 aliphatic heterocycles. The summed E-state index contributed by atoms with van der Waals surface area (Å²) in [6, 6.07) is 5.19. The minimum atomic E-state index is -1.22. The summed E-state index contributed by atoms with van der Waals surface area (Å²) >= 11 is 1.29. The third-order valence-corrected chi connectivity index (χ3v) is 7.93. The van der Waals surface area contributed by atoms with Crippen molar-refractivity contribution < 1.29 is 24.3 Å². The molecule has 1 aromatic carbocycles. The number of benzene rings is 1. The van der Waals surface area contributed by atoms with Gasteiger partial charge >= 0.3 is 11.7 Å². The number of aryl methyl sites for hydroxylation is 1. The Kier molecular flexibility index (Phi) is 5.73. The maximum absolute atomic E-state index is 13.4. The fourth-order valence-electron chi connectivity index (χ4n) is 4.57. The molecule has 2 fully saturated rings. The van der Waals surface area contributed by atoms with Gasteiger partial charge in [0, 0.05) is 11.8 Å². The predicted molar refractivity (Wildman–Crippen MR) is 128 cm³/mol. The first-order valence-electron chi connectivity index (χ1n) is 11.2. The predicted octanol–water partition coefficient (Wildman–Crippen LogP) is -1.07. The second-order valence-electron chi connectivity index (χ2n) is 9.18. The van der Waals surface area contributed by atoms with E-state index in [4.69, 9.17) is 0 Å². The molecule has 5 rings (SSSR count). The lowest BCUT2D eigenvalue weighted by molar-refractivity contribution is -0.161. The number of nitrogens with zero attached hydrogens (tertiary/aromatic N) is 6. The Balaban J connectivity index is 1.40. The van der Waals surface area contributed by atoms with Crippen LogP contribution in [0.2, 0.25) is 0 Å². The molecule has 3 aromatic rings. The zero-order chi connectivity index (χ0) is 26.6. The number of rotatable bonds is 6. The molecule has 0 bridgehead atoms. The molecule has 0 radical (unpaired) electrons. The molecule has 0 aliphatic carbocycles. The third-order valence-electron chi connectivity index (χ3n) is 6.36. The van der Waals surface area contributed by atoms with E-state index < -0.39 is 57.6 Å². The lowest BCUT2D eigenvalue weighted by atomic mass is 9.95. The van der Waals surface area contributed by atoms with Gasteiger partial charge in [-0.3, -0.25) is 14.4 Å². The molecule has 37 heavy (non-hydrogen) atoms. The highest BCUT2D eigenvalue weighted by atomic mass is 32.2. The van der Waals surface area contributed by atoms with Crippen molar-refractivity contribution in [2.24, 2.45) is 7.05 Å². The molecule has 0 saturated carbocycles. The van der Waals surface area contributed by atoms with Gasteiger partial charge in [-0.2, -0.15) is 4.68 Å². The van der Waals surface area contributed by atoms with Crippen LogP contribution in [0.25, 0.3) is 5.65 Å². The molecule has 14 nitrogen and oxygen atoms in total. The van der Waals surface area contributed by atoms with E-state index in [9.17, 15) is 29.1 Å². The molecule has 2 aliphatic rings. The fraction of sp³-hybridized carbons (Fsp3) is 0.364. The average molecular weight is 527 g/mol. The maximum Gasteiger partial charge on any atom is 0.352 e. The van der Waals surface area contributed by atoms with Gasteiger partial charge in [-0.25, -0.2) is 19.0 Å². The Morgan fingerprint density at radius 3 is 2.54 bits per heavy atom. The van der Waals surface area contributed by atoms with Crippen molar-refractivity contribution in [3.05, 3.63) is 58.4 Å². The number of hydrogen-bond acceptors (Lipinski definition) is 9. The van der Waals surface area contributed by atoms with Gasteiger partial charge in [-0.15, -0.1) is 16.9 Å². The Morgan fingerprint density at radius 1 is 1.16 bits per heavy atom. The number of thioether (sulfide) groups is 1. The van der Waals surface area contributed by atoms with E-state index in [0.29, 0.717) is 5.56 Å². The number of aromatic nitrogens is 5. The van der Waals surface area contributed by atoms with Crippen LogP contribution in [0.1, 0.15) is 35.9 Å². The van der Waals surface area contributed by atoms with Crippen LogP contribution in [-0.4, -0.2) is 80.3 Å². The van der Waals surface area contributed by atoms with Crippen molar-refractivity contribution in [2.75, 3.05) is 0 Å². The summed E-state index contributed by atoms with van der Waals surface area (Å²) in [7, 11) is 1.40. The monoisotopic (exact) mass is 526 g/mol. The Labute approximate surface area is 213 Å². The van der Waals surface area contributed by atoms with Crippen molar-refractivity contribution >= 4 is 41.1 Å². The molecular weight excluding hydrogens is 504 g/mol. The van der Waals surface area contributed by atoms with Crippen LogP contribution >= 0.6 is 11.8 Å². The number of β-lactam (4-membered cyclic amide) rings is 1. The van der Waals surface area contributed by atoms with Gasteiger partial charge in [0.15, 0.2) is 11.3 Å². The van der Waals surface area contributed by atoms with Gasteiger partial charge in [-0.05, 0) is 19.4 Å². The van der Waals surface area contributed by atoms with Crippen LogP contribution in [0.3, 0.4) is 0 Å². The summed E-state index contributed by atoms with van der Waals surface area (Å²) in [6.45, 7) is 3.47. The van der Waals surface area contributed by atoms with Crippen LogP contribution < -0.4 is 16.3 Å². The van der Waals surface area contributed by atoms with Crippen molar-refractivity contribution in [3.8, 4) is 0 Å². The van der Waals surface area contributed by atoms with E-state index in [0.717, 1.165) is 15.4 Å².